The van der Waals surface area contributed by atoms with E-state index in [-0.39, 0.29) is 5.56 Å². The first-order valence-corrected chi connectivity index (χ1v) is 12.6. The van der Waals surface area contributed by atoms with Gasteiger partial charge in [-0.25, -0.2) is 9.59 Å². The van der Waals surface area contributed by atoms with E-state index in [4.69, 9.17) is 19.3 Å². The number of rotatable bonds is 16. The molecule has 194 valence electrons. The van der Waals surface area contributed by atoms with Gasteiger partial charge in [0, 0.05) is 6.61 Å². The van der Waals surface area contributed by atoms with E-state index in [2.05, 4.69) is 6.58 Å². The Morgan fingerprint density at radius 3 is 1.78 bits per heavy atom. The highest BCUT2D eigenvalue weighted by Gasteiger charge is 2.10. The van der Waals surface area contributed by atoms with Crippen molar-refractivity contribution in [3.63, 3.8) is 0 Å². The fourth-order valence-corrected chi connectivity index (χ4v) is 3.74. The van der Waals surface area contributed by atoms with Gasteiger partial charge in [0.05, 0.1) is 24.3 Å². The highest BCUT2D eigenvalue weighted by molar-refractivity contribution is 5.91. The van der Waals surface area contributed by atoms with E-state index in [1.54, 1.807) is 66.7 Å². The second kappa shape index (κ2) is 15.3. The molecule has 1 N–H and O–H groups in total. The van der Waals surface area contributed by atoms with Gasteiger partial charge in [0.2, 0.25) is 0 Å². The molecule has 0 radical (unpaired) electrons. The number of benzene rings is 3. The molecule has 0 aliphatic heterocycles. The van der Waals surface area contributed by atoms with Crippen LogP contribution in [0.3, 0.4) is 0 Å². The van der Waals surface area contributed by atoms with Crippen molar-refractivity contribution in [2.45, 2.75) is 38.5 Å². The first-order chi connectivity index (χ1) is 18.1. The summed E-state index contributed by atoms with van der Waals surface area (Å²) in [5, 5.41) is 9.02. The van der Waals surface area contributed by atoms with E-state index < -0.39 is 11.9 Å². The number of esters is 1. The molecule has 0 aliphatic rings. The van der Waals surface area contributed by atoms with Crippen molar-refractivity contribution >= 4 is 11.9 Å². The molecule has 0 spiro atoms. The predicted molar refractivity (Wildman–Crippen MR) is 144 cm³/mol. The average Bonchev–Trinajstić information content (AvgIpc) is 2.92. The zero-order chi connectivity index (χ0) is 26.3. The van der Waals surface area contributed by atoms with Gasteiger partial charge in [0.25, 0.3) is 0 Å². The molecule has 37 heavy (non-hydrogen) atoms. The van der Waals surface area contributed by atoms with Crippen molar-refractivity contribution in [2.24, 2.45) is 0 Å². The zero-order valence-electron chi connectivity index (χ0n) is 21.1. The van der Waals surface area contributed by atoms with Crippen molar-refractivity contribution in [1.29, 1.82) is 0 Å². The lowest BCUT2D eigenvalue weighted by Gasteiger charge is -2.08. The fraction of sp³-hybridized carbons (Fsp3) is 0.290. The summed E-state index contributed by atoms with van der Waals surface area (Å²) in [5.74, 6) is -0.244. The highest BCUT2D eigenvalue weighted by Crippen LogP contribution is 2.24. The van der Waals surface area contributed by atoms with Crippen LogP contribution in [0.15, 0.2) is 85.5 Å². The summed E-state index contributed by atoms with van der Waals surface area (Å²) >= 11 is 0. The molecule has 0 heterocycles. The van der Waals surface area contributed by atoms with Crippen LogP contribution in [-0.2, 0) is 4.74 Å². The van der Waals surface area contributed by atoms with Crippen LogP contribution in [0.4, 0.5) is 0 Å². The number of carbonyl (C=O) groups excluding carboxylic acids is 1. The Morgan fingerprint density at radius 2 is 1.19 bits per heavy atom. The average molecular weight is 503 g/mol. The molecule has 0 atom stereocenters. The third-order valence-electron chi connectivity index (χ3n) is 5.81. The van der Waals surface area contributed by atoms with Crippen LogP contribution in [0.1, 0.15) is 59.2 Å². The Morgan fingerprint density at radius 1 is 0.676 bits per heavy atom. The molecule has 6 heteroatoms. The predicted octanol–water partition coefficient (Wildman–Crippen LogP) is 7.19. The molecule has 0 aromatic heterocycles. The molecule has 0 unspecified atom stereocenters. The van der Waals surface area contributed by atoms with E-state index in [0.29, 0.717) is 24.5 Å². The number of aromatic carboxylic acids is 1. The SMILES string of the molecule is C=CCOCCCCCCCCOc1ccc(C(=O)Oc2ccc(-c3ccc(C(=O)O)cc3)cc2)cc1. The van der Waals surface area contributed by atoms with E-state index >= 15 is 0 Å². The number of carboxylic acids is 1. The van der Waals surface area contributed by atoms with Gasteiger partial charge < -0.3 is 19.3 Å². The maximum atomic E-state index is 12.5. The molecule has 3 aromatic carbocycles. The third-order valence-corrected chi connectivity index (χ3v) is 5.81. The molecule has 0 saturated carbocycles. The van der Waals surface area contributed by atoms with Crippen LogP contribution in [0, 0.1) is 0 Å². The summed E-state index contributed by atoms with van der Waals surface area (Å²) in [6.07, 6.45) is 8.57. The number of hydrogen-bond acceptors (Lipinski definition) is 5. The van der Waals surface area contributed by atoms with Gasteiger partial charge in [0.15, 0.2) is 0 Å². The first kappa shape index (κ1) is 27.7. The van der Waals surface area contributed by atoms with Gasteiger partial charge in [-0.05, 0) is 72.5 Å². The quantitative estimate of drug-likeness (QED) is 0.0966. The molecule has 0 saturated heterocycles. The van der Waals surface area contributed by atoms with E-state index in [1.165, 1.54) is 19.3 Å². The third kappa shape index (κ3) is 9.58. The second-order valence-electron chi connectivity index (χ2n) is 8.65. The van der Waals surface area contributed by atoms with Crippen molar-refractivity contribution < 1.29 is 28.9 Å². The van der Waals surface area contributed by atoms with Crippen LogP contribution in [0.5, 0.6) is 11.5 Å². The molecular weight excluding hydrogens is 468 g/mol. The minimum absolute atomic E-state index is 0.235. The molecule has 0 amide bonds. The lowest BCUT2D eigenvalue weighted by atomic mass is 10.0. The van der Waals surface area contributed by atoms with Crippen molar-refractivity contribution in [3.05, 3.63) is 96.6 Å². The number of carbonyl (C=O) groups is 2. The minimum atomic E-state index is -0.961. The van der Waals surface area contributed by atoms with E-state index in [0.717, 1.165) is 42.7 Å². The number of unbranched alkanes of at least 4 members (excludes halogenated alkanes) is 5. The Bertz CT molecular complexity index is 1120. The van der Waals surface area contributed by atoms with Crippen molar-refractivity contribution in [3.8, 4) is 22.6 Å². The van der Waals surface area contributed by atoms with Crippen LogP contribution < -0.4 is 9.47 Å². The fourth-order valence-electron chi connectivity index (χ4n) is 3.74. The van der Waals surface area contributed by atoms with Crippen molar-refractivity contribution in [2.75, 3.05) is 19.8 Å². The standard InChI is InChI=1S/C31H34O6/c1-2-21-35-22-7-5-3-4-6-8-23-36-28-17-15-27(16-18-28)31(34)37-29-19-13-25(14-20-29)24-9-11-26(12-10-24)30(32)33/h2,9-20H,1,3-8,21-23H2,(H,32,33). The van der Waals surface area contributed by atoms with Crippen LogP contribution >= 0.6 is 0 Å². The highest BCUT2D eigenvalue weighted by atomic mass is 16.5. The van der Waals surface area contributed by atoms with E-state index in [9.17, 15) is 9.59 Å². The lowest BCUT2D eigenvalue weighted by molar-refractivity contribution is 0.0694. The Labute approximate surface area is 218 Å². The molecular formula is C31H34O6. The molecule has 6 nitrogen and oxygen atoms in total. The van der Waals surface area contributed by atoms with Gasteiger partial charge in [-0.15, -0.1) is 6.58 Å². The smallest absolute Gasteiger partial charge is 0.343 e. The summed E-state index contributed by atoms with van der Waals surface area (Å²) < 4.78 is 16.7. The van der Waals surface area contributed by atoms with Gasteiger partial charge in [-0.2, -0.15) is 0 Å². The number of hydrogen-bond donors (Lipinski definition) is 1. The summed E-state index contributed by atoms with van der Waals surface area (Å²) in [6.45, 7) is 5.71. The Kier molecular flexibility index (Phi) is 11.4. The number of ether oxygens (including phenoxy) is 3. The van der Waals surface area contributed by atoms with Crippen molar-refractivity contribution in [1.82, 2.24) is 0 Å². The lowest BCUT2D eigenvalue weighted by Crippen LogP contribution is -2.08. The normalized spacial score (nSPS) is 10.6. The number of carboxylic acid groups (broad SMARTS) is 1. The molecule has 3 aromatic rings. The second-order valence-corrected chi connectivity index (χ2v) is 8.65. The topological polar surface area (TPSA) is 82.1 Å². The Balaban J connectivity index is 1.36. The van der Waals surface area contributed by atoms with Crippen LogP contribution in [0.2, 0.25) is 0 Å². The molecule has 3 rings (SSSR count). The molecule has 0 fully saturated rings. The maximum Gasteiger partial charge on any atom is 0.343 e. The van der Waals surface area contributed by atoms with Gasteiger partial charge in [0.1, 0.15) is 11.5 Å². The van der Waals surface area contributed by atoms with Gasteiger partial charge >= 0.3 is 11.9 Å². The summed E-state index contributed by atoms with van der Waals surface area (Å²) in [7, 11) is 0. The van der Waals surface area contributed by atoms with E-state index in [1.807, 2.05) is 12.1 Å². The zero-order valence-corrected chi connectivity index (χ0v) is 21.1. The largest absolute Gasteiger partial charge is 0.494 e. The van der Waals surface area contributed by atoms with Crippen LogP contribution in [-0.4, -0.2) is 36.9 Å². The minimum Gasteiger partial charge on any atom is -0.494 e. The summed E-state index contributed by atoms with van der Waals surface area (Å²) in [6, 6.07) is 20.7. The summed E-state index contributed by atoms with van der Waals surface area (Å²) in [4.78, 5) is 23.5. The summed E-state index contributed by atoms with van der Waals surface area (Å²) in [5.41, 5.74) is 2.45. The first-order valence-electron chi connectivity index (χ1n) is 12.6. The Hall–Kier alpha value is -3.90. The molecule has 0 aliphatic carbocycles. The van der Waals surface area contributed by atoms with Gasteiger partial charge in [-0.1, -0.05) is 56.0 Å². The van der Waals surface area contributed by atoms with Gasteiger partial charge in [-0.3, -0.25) is 0 Å². The van der Waals surface area contributed by atoms with Crippen LogP contribution in [0.25, 0.3) is 11.1 Å². The monoisotopic (exact) mass is 502 g/mol. The molecule has 0 bridgehead atoms. The maximum absolute atomic E-state index is 12.5.